The molecule has 1 aromatic rings. The Morgan fingerprint density at radius 1 is 1.33 bits per heavy atom. The lowest BCUT2D eigenvalue weighted by atomic mass is 10.4. The van der Waals surface area contributed by atoms with Crippen LogP contribution in [0.25, 0.3) is 0 Å². The molecule has 0 radical (unpaired) electrons. The molecule has 15 heavy (non-hydrogen) atoms. The minimum Gasteiger partial charge on any atom is -0.432 e. The molecule has 5 nitrogen and oxygen atoms in total. The molecule has 2 aliphatic rings. The first-order valence-corrected chi connectivity index (χ1v) is 5.34. The molecule has 1 aromatic heterocycles. The van der Waals surface area contributed by atoms with Gasteiger partial charge in [-0.2, -0.15) is 4.98 Å². The van der Waals surface area contributed by atoms with Crippen molar-refractivity contribution in [2.45, 2.75) is 32.3 Å². The van der Waals surface area contributed by atoms with Gasteiger partial charge < -0.3 is 18.8 Å². The molecule has 0 aliphatic carbocycles. The predicted octanol–water partition coefficient (Wildman–Crippen LogP) is 1.67. The number of oxazole rings is 1. The van der Waals surface area contributed by atoms with Gasteiger partial charge in [0.1, 0.15) is 12.0 Å². The molecule has 2 aliphatic heterocycles. The van der Waals surface area contributed by atoms with E-state index in [1.54, 1.807) is 6.26 Å². The summed E-state index contributed by atoms with van der Waals surface area (Å²) < 4.78 is 16.1. The topological polar surface area (TPSA) is 47.7 Å². The van der Waals surface area contributed by atoms with Crippen LogP contribution in [0.4, 0.5) is 6.01 Å². The summed E-state index contributed by atoms with van der Waals surface area (Å²) in [6.45, 7) is 3.92. The van der Waals surface area contributed by atoms with Crippen LogP contribution in [0.5, 0.6) is 0 Å². The summed E-state index contributed by atoms with van der Waals surface area (Å²) in [6, 6.07) is 0.689. The summed E-state index contributed by atoms with van der Waals surface area (Å²) in [7, 11) is 0. The first kappa shape index (κ1) is 9.18. The van der Waals surface area contributed by atoms with Gasteiger partial charge in [0.15, 0.2) is 6.29 Å². The molecule has 0 spiro atoms. The monoisotopic (exact) mass is 210 g/mol. The lowest BCUT2D eigenvalue weighted by Crippen LogP contribution is -2.31. The van der Waals surface area contributed by atoms with Crippen molar-refractivity contribution in [1.29, 1.82) is 0 Å². The van der Waals surface area contributed by atoms with E-state index in [1.807, 2.05) is 6.92 Å². The second-order valence-electron chi connectivity index (χ2n) is 3.92. The average molecular weight is 210 g/mol. The third kappa shape index (κ3) is 1.61. The maximum atomic E-state index is 5.40. The molecule has 5 heteroatoms. The van der Waals surface area contributed by atoms with Gasteiger partial charge in [-0.05, 0) is 19.8 Å². The number of hydrogen-bond acceptors (Lipinski definition) is 5. The SMILES string of the molecule is CC1OC(c2coc(N3CCCC3)n2)O1. The lowest BCUT2D eigenvalue weighted by molar-refractivity contribution is -0.383. The Morgan fingerprint density at radius 2 is 2.07 bits per heavy atom. The van der Waals surface area contributed by atoms with E-state index in [2.05, 4.69) is 9.88 Å². The Hall–Kier alpha value is -1.07. The van der Waals surface area contributed by atoms with Crippen LogP contribution < -0.4 is 4.90 Å². The van der Waals surface area contributed by atoms with Crippen LogP contribution in [-0.2, 0) is 9.47 Å². The minimum atomic E-state index is -0.333. The minimum absolute atomic E-state index is 0.123. The van der Waals surface area contributed by atoms with Gasteiger partial charge in [0.05, 0.1) is 0 Å². The van der Waals surface area contributed by atoms with Crippen LogP contribution >= 0.6 is 0 Å². The predicted molar refractivity (Wildman–Crippen MR) is 52.3 cm³/mol. The molecule has 0 atom stereocenters. The van der Waals surface area contributed by atoms with Crippen LogP contribution in [0.3, 0.4) is 0 Å². The lowest BCUT2D eigenvalue weighted by Gasteiger charge is -2.31. The zero-order valence-electron chi connectivity index (χ0n) is 8.68. The van der Waals surface area contributed by atoms with Gasteiger partial charge in [-0.3, -0.25) is 0 Å². The fourth-order valence-electron chi connectivity index (χ4n) is 1.94. The number of nitrogens with zero attached hydrogens (tertiary/aromatic N) is 2. The maximum absolute atomic E-state index is 5.40. The normalized spacial score (nSPS) is 30.6. The van der Waals surface area contributed by atoms with Crippen molar-refractivity contribution in [2.75, 3.05) is 18.0 Å². The summed E-state index contributed by atoms with van der Waals surface area (Å²) in [5.41, 5.74) is 0.731. The Bertz CT molecular complexity index is 340. The summed E-state index contributed by atoms with van der Waals surface area (Å²) in [5, 5.41) is 0. The van der Waals surface area contributed by atoms with E-state index < -0.39 is 0 Å². The molecule has 0 amide bonds. The van der Waals surface area contributed by atoms with E-state index in [4.69, 9.17) is 13.9 Å². The van der Waals surface area contributed by atoms with Gasteiger partial charge in [-0.1, -0.05) is 0 Å². The summed E-state index contributed by atoms with van der Waals surface area (Å²) in [4.78, 5) is 6.50. The molecule has 0 bridgehead atoms. The van der Waals surface area contributed by atoms with Crippen molar-refractivity contribution in [3.63, 3.8) is 0 Å². The van der Waals surface area contributed by atoms with Crippen molar-refractivity contribution in [2.24, 2.45) is 0 Å². The molecule has 2 saturated heterocycles. The van der Waals surface area contributed by atoms with Gasteiger partial charge in [0.25, 0.3) is 6.01 Å². The Morgan fingerprint density at radius 3 is 2.73 bits per heavy atom. The Kier molecular flexibility index (Phi) is 2.14. The first-order valence-electron chi connectivity index (χ1n) is 5.34. The zero-order chi connectivity index (χ0) is 10.3. The first-order chi connectivity index (χ1) is 7.33. The van der Waals surface area contributed by atoms with Crippen LogP contribution in [0.15, 0.2) is 10.7 Å². The summed E-state index contributed by atoms with van der Waals surface area (Å²) >= 11 is 0. The molecule has 3 rings (SSSR count). The largest absolute Gasteiger partial charge is 0.432 e. The van der Waals surface area contributed by atoms with E-state index >= 15 is 0 Å². The molecular formula is C10H14N2O3. The van der Waals surface area contributed by atoms with Crippen LogP contribution in [0.2, 0.25) is 0 Å². The molecule has 2 fully saturated rings. The van der Waals surface area contributed by atoms with Gasteiger partial charge in [-0.15, -0.1) is 0 Å². The van der Waals surface area contributed by atoms with E-state index in [1.165, 1.54) is 12.8 Å². The molecule has 0 unspecified atom stereocenters. The van der Waals surface area contributed by atoms with E-state index in [9.17, 15) is 0 Å². The zero-order valence-corrected chi connectivity index (χ0v) is 8.68. The van der Waals surface area contributed by atoms with Gasteiger partial charge in [0, 0.05) is 13.1 Å². The molecule has 3 heterocycles. The highest BCUT2D eigenvalue weighted by molar-refractivity contribution is 5.28. The third-order valence-corrected chi connectivity index (χ3v) is 2.76. The standard InChI is InChI=1S/C10H14N2O3/c1-7-14-9(15-7)8-6-13-10(11-8)12-4-2-3-5-12/h6-7,9H,2-5H2,1H3. The van der Waals surface area contributed by atoms with Crippen LogP contribution in [0, 0.1) is 0 Å². The average Bonchev–Trinajstić information content (AvgIpc) is 2.83. The van der Waals surface area contributed by atoms with Crippen molar-refractivity contribution >= 4 is 6.01 Å². The highest BCUT2D eigenvalue weighted by atomic mass is 16.9. The van der Waals surface area contributed by atoms with Gasteiger partial charge in [0.2, 0.25) is 6.29 Å². The maximum Gasteiger partial charge on any atom is 0.297 e. The second kappa shape index (κ2) is 3.50. The van der Waals surface area contributed by atoms with E-state index in [-0.39, 0.29) is 12.6 Å². The molecular weight excluding hydrogens is 196 g/mol. The quantitative estimate of drug-likeness (QED) is 0.743. The molecule has 82 valence electrons. The number of ether oxygens (including phenoxy) is 2. The van der Waals surface area contributed by atoms with Gasteiger partial charge >= 0.3 is 0 Å². The van der Waals surface area contributed by atoms with Gasteiger partial charge in [-0.25, -0.2) is 0 Å². The molecule has 0 aromatic carbocycles. The van der Waals surface area contributed by atoms with Crippen molar-refractivity contribution in [3.8, 4) is 0 Å². The molecule has 0 saturated carbocycles. The smallest absolute Gasteiger partial charge is 0.297 e. The number of hydrogen-bond donors (Lipinski definition) is 0. The highest BCUT2D eigenvalue weighted by Crippen LogP contribution is 2.32. The third-order valence-electron chi connectivity index (χ3n) is 2.76. The summed E-state index contributed by atoms with van der Waals surface area (Å²) in [6.07, 6.45) is 3.59. The fourth-order valence-corrected chi connectivity index (χ4v) is 1.94. The Balaban J connectivity index is 1.70. The van der Waals surface area contributed by atoms with Crippen molar-refractivity contribution < 1.29 is 13.9 Å². The summed E-state index contributed by atoms with van der Waals surface area (Å²) in [5.74, 6) is 0. The van der Waals surface area contributed by atoms with E-state index in [0.29, 0.717) is 6.01 Å². The second-order valence-corrected chi connectivity index (χ2v) is 3.92. The highest BCUT2D eigenvalue weighted by Gasteiger charge is 2.32. The van der Waals surface area contributed by atoms with Crippen molar-refractivity contribution in [3.05, 3.63) is 12.0 Å². The Labute approximate surface area is 88.0 Å². The van der Waals surface area contributed by atoms with Crippen LogP contribution in [-0.4, -0.2) is 24.4 Å². The van der Waals surface area contributed by atoms with E-state index in [0.717, 1.165) is 18.8 Å². The van der Waals surface area contributed by atoms with Crippen LogP contribution in [0.1, 0.15) is 31.7 Å². The van der Waals surface area contributed by atoms with Crippen molar-refractivity contribution in [1.82, 2.24) is 4.98 Å². The fraction of sp³-hybridized carbons (Fsp3) is 0.700. The number of anilines is 1. The number of rotatable bonds is 2. The molecule has 0 N–H and O–H groups in total. The number of aromatic nitrogens is 1.